The van der Waals surface area contributed by atoms with Crippen molar-refractivity contribution in [1.29, 1.82) is 0 Å². The van der Waals surface area contributed by atoms with Gasteiger partial charge >= 0.3 is 0 Å². The number of halogens is 1. The third kappa shape index (κ3) is 2.34. The molecule has 0 nitrogen and oxygen atoms in total. The number of rotatable bonds is 2. The average Bonchev–Trinajstić information content (AvgIpc) is 3.06. The molecule has 2 aromatic rings. The predicted molar refractivity (Wildman–Crippen MR) is 97.2 cm³/mol. The largest absolute Gasteiger partial charge is 0.0840 e. The van der Waals surface area contributed by atoms with Crippen molar-refractivity contribution < 1.29 is 0 Å². The van der Waals surface area contributed by atoms with E-state index in [0.717, 1.165) is 5.02 Å². The van der Waals surface area contributed by atoms with E-state index in [4.69, 9.17) is 11.6 Å². The summed E-state index contributed by atoms with van der Waals surface area (Å²) in [5.74, 6) is 4.51. The van der Waals surface area contributed by atoms with Crippen LogP contribution >= 0.6 is 11.6 Å². The lowest BCUT2D eigenvalue weighted by atomic mass is 9.68. The third-order valence-corrected chi connectivity index (χ3v) is 6.18. The van der Waals surface area contributed by atoms with Crippen LogP contribution in [0.2, 0.25) is 5.02 Å². The Morgan fingerprint density at radius 1 is 0.826 bits per heavy atom. The van der Waals surface area contributed by atoms with E-state index in [0.29, 0.717) is 11.8 Å². The fraction of sp³-hybridized carbons (Fsp3) is 0.364. The Bertz CT molecular complexity index is 688. The molecule has 4 rings (SSSR count). The molecule has 0 bridgehead atoms. The van der Waals surface area contributed by atoms with Crippen LogP contribution in [-0.4, -0.2) is 0 Å². The van der Waals surface area contributed by atoms with Crippen LogP contribution in [0, 0.1) is 29.1 Å². The Hall–Kier alpha value is -1.27. The van der Waals surface area contributed by atoms with E-state index in [-0.39, 0.29) is 5.41 Å². The molecule has 2 aliphatic rings. The van der Waals surface area contributed by atoms with E-state index in [1.807, 2.05) is 12.1 Å². The first-order valence-corrected chi connectivity index (χ1v) is 9.03. The van der Waals surface area contributed by atoms with Gasteiger partial charge in [0.25, 0.3) is 0 Å². The summed E-state index contributed by atoms with van der Waals surface area (Å²) in [7, 11) is 0. The van der Waals surface area contributed by atoms with Crippen LogP contribution in [-0.2, 0) is 0 Å². The van der Waals surface area contributed by atoms with E-state index in [2.05, 4.69) is 56.3 Å². The lowest BCUT2D eigenvalue weighted by molar-refractivity contribution is 0.436. The quantitative estimate of drug-likeness (QED) is 0.605. The van der Waals surface area contributed by atoms with Crippen molar-refractivity contribution in [1.82, 2.24) is 0 Å². The number of benzene rings is 2. The summed E-state index contributed by atoms with van der Waals surface area (Å²) >= 11 is 6.59. The molecule has 2 unspecified atom stereocenters. The van der Waals surface area contributed by atoms with Crippen molar-refractivity contribution in [2.75, 3.05) is 0 Å². The molecule has 2 fully saturated rings. The van der Waals surface area contributed by atoms with Gasteiger partial charge in [-0.15, -0.1) is 0 Å². The minimum Gasteiger partial charge on any atom is -0.0840 e. The highest BCUT2D eigenvalue weighted by molar-refractivity contribution is 6.31. The fourth-order valence-corrected chi connectivity index (χ4v) is 5.37. The van der Waals surface area contributed by atoms with Crippen molar-refractivity contribution in [2.24, 2.45) is 17.3 Å². The van der Waals surface area contributed by atoms with Crippen LogP contribution in [0.4, 0.5) is 0 Å². The van der Waals surface area contributed by atoms with Crippen molar-refractivity contribution >= 4 is 11.6 Å². The molecule has 0 aliphatic heterocycles. The SMILES string of the molecule is CC1(C)[C](c2ccccc2)C2CCCC2[C]1c1ccccc1Cl. The molecule has 0 saturated heterocycles. The summed E-state index contributed by atoms with van der Waals surface area (Å²) in [4.78, 5) is 0. The Morgan fingerprint density at radius 2 is 1.43 bits per heavy atom. The van der Waals surface area contributed by atoms with Gasteiger partial charge in [-0.05, 0) is 47.3 Å². The van der Waals surface area contributed by atoms with E-state index in [1.165, 1.54) is 30.4 Å². The maximum absolute atomic E-state index is 6.59. The minimum absolute atomic E-state index is 0.0715. The molecule has 118 valence electrons. The zero-order valence-electron chi connectivity index (χ0n) is 13.9. The Labute approximate surface area is 144 Å². The van der Waals surface area contributed by atoms with Gasteiger partial charge in [0.15, 0.2) is 0 Å². The highest BCUT2D eigenvalue weighted by Gasteiger charge is 2.58. The van der Waals surface area contributed by atoms with Gasteiger partial charge in [0, 0.05) is 16.9 Å². The summed E-state index contributed by atoms with van der Waals surface area (Å²) in [6.07, 6.45) is 3.94. The van der Waals surface area contributed by atoms with Crippen LogP contribution in [0.1, 0.15) is 44.2 Å². The van der Waals surface area contributed by atoms with Gasteiger partial charge in [-0.1, -0.05) is 80.4 Å². The van der Waals surface area contributed by atoms with Crippen molar-refractivity contribution in [3.05, 3.63) is 82.6 Å². The van der Waals surface area contributed by atoms with Crippen LogP contribution in [0.3, 0.4) is 0 Å². The van der Waals surface area contributed by atoms with Crippen LogP contribution in [0.25, 0.3) is 0 Å². The normalized spacial score (nSPS) is 27.3. The second kappa shape index (κ2) is 5.67. The highest BCUT2D eigenvalue weighted by Crippen LogP contribution is 2.66. The summed E-state index contributed by atoms with van der Waals surface area (Å²) in [6, 6.07) is 19.4. The Morgan fingerprint density at radius 3 is 2.13 bits per heavy atom. The summed E-state index contributed by atoms with van der Waals surface area (Å²) in [6.45, 7) is 4.79. The minimum atomic E-state index is 0.0715. The van der Waals surface area contributed by atoms with Gasteiger partial charge < -0.3 is 0 Å². The molecule has 2 radical (unpaired) electrons. The Kier molecular flexibility index (Phi) is 3.76. The first-order valence-electron chi connectivity index (χ1n) is 8.65. The molecule has 23 heavy (non-hydrogen) atoms. The van der Waals surface area contributed by atoms with Gasteiger partial charge in [-0.3, -0.25) is 0 Å². The zero-order valence-corrected chi connectivity index (χ0v) is 14.6. The van der Waals surface area contributed by atoms with Gasteiger partial charge in [0.05, 0.1) is 0 Å². The maximum atomic E-state index is 6.59. The zero-order chi connectivity index (χ0) is 16.0. The third-order valence-electron chi connectivity index (χ3n) is 5.85. The molecule has 0 heterocycles. The van der Waals surface area contributed by atoms with Crippen LogP contribution < -0.4 is 0 Å². The lowest BCUT2D eigenvalue weighted by Gasteiger charge is -2.35. The summed E-state index contributed by atoms with van der Waals surface area (Å²) < 4.78 is 0. The van der Waals surface area contributed by atoms with Gasteiger partial charge in [0.1, 0.15) is 0 Å². The molecule has 2 aliphatic carbocycles. The first-order chi connectivity index (χ1) is 11.1. The molecule has 0 amide bonds. The summed E-state index contributed by atoms with van der Waals surface area (Å²) in [5.41, 5.74) is 2.75. The average molecular weight is 323 g/mol. The van der Waals surface area contributed by atoms with E-state index < -0.39 is 0 Å². The second-order valence-corrected chi connectivity index (χ2v) is 7.85. The van der Waals surface area contributed by atoms with Gasteiger partial charge in [-0.25, -0.2) is 0 Å². The molecule has 2 saturated carbocycles. The van der Waals surface area contributed by atoms with Crippen molar-refractivity contribution in [3.63, 3.8) is 0 Å². The molecule has 2 aromatic carbocycles. The molecule has 0 spiro atoms. The number of hydrogen-bond donors (Lipinski definition) is 0. The smallest absolute Gasteiger partial charge is 0.0444 e. The molecular formula is C22H23Cl. The first kappa shape index (κ1) is 15.3. The van der Waals surface area contributed by atoms with Crippen molar-refractivity contribution in [2.45, 2.75) is 33.1 Å². The highest BCUT2D eigenvalue weighted by atomic mass is 35.5. The number of hydrogen-bond acceptors (Lipinski definition) is 0. The van der Waals surface area contributed by atoms with Gasteiger partial charge in [-0.2, -0.15) is 0 Å². The number of fused-ring (bicyclic) bond motifs is 1. The molecule has 1 heteroatoms. The van der Waals surface area contributed by atoms with Crippen molar-refractivity contribution in [3.8, 4) is 0 Å². The predicted octanol–water partition coefficient (Wildman–Crippen LogP) is 6.34. The molecular weight excluding hydrogens is 300 g/mol. The van der Waals surface area contributed by atoms with E-state index in [9.17, 15) is 0 Å². The lowest BCUT2D eigenvalue weighted by Crippen LogP contribution is -2.27. The van der Waals surface area contributed by atoms with Crippen LogP contribution in [0.15, 0.2) is 54.6 Å². The van der Waals surface area contributed by atoms with E-state index >= 15 is 0 Å². The van der Waals surface area contributed by atoms with Gasteiger partial charge in [0.2, 0.25) is 0 Å². The Balaban J connectivity index is 1.83. The standard InChI is InChI=1S/C22H23Cl/c1-22(2)20(15-9-4-3-5-10-15)16-12-8-13-17(16)21(22)18-11-6-7-14-19(18)23/h3-7,9-11,14,16-17H,8,12-13H2,1-2H3. The topological polar surface area (TPSA) is 0 Å². The maximum Gasteiger partial charge on any atom is 0.0444 e. The second-order valence-electron chi connectivity index (χ2n) is 7.44. The molecule has 0 aromatic heterocycles. The summed E-state index contributed by atoms with van der Waals surface area (Å²) in [5, 5.41) is 0.899. The van der Waals surface area contributed by atoms with Crippen LogP contribution in [0.5, 0.6) is 0 Å². The monoisotopic (exact) mass is 322 g/mol. The molecule has 2 atom stereocenters. The fourth-order valence-electron chi connectivity index (χ4n) is 5.13. The van der Waals surface area contributed by atoms with E-state index in [1.54, 1.807) is 11.8 Å². The molecule has 0 N–H and O–H groups in total.